The minimum atomic E-state index is -0.965. The molecule has 0 spiro atoms. The fourth-order valence-electron chi connectivity index (χ4n) is 1.83. The topological polar surface area (TPSA) is 79.3 Å². The normalized spacial score (nSPS) is 10.1. The lowest BCUT2D eigenvalue weighted by Crippen LogP contribution is -2.25. The standard InChI is InChI=1S/C15H13ClN2O3/c16-13-9-11(5-7-17-13)14(19)18-6-4-10-2-1-3-12(8-10)15(20)21/h1-3,5,7-9H,4,6H2,(H,18,19)(H,20,21). The van der Waals surface area contributed by atoms with Gasteiger partial charge in [0.1, 0.15) is 5.15 Å². The molecule has 2 aromatic rings. The van der Waals surface area contributed by atoms with Crippen LogP contribution in [-0.2, 0) is 6.42 Å². The van der Waals surface area contributed by atoms with Gasteiger partial charge in [-0.1, -0.05) is 23.7 Å². The molecule has 108 valence electrons. The van der Waals surface area contributed by atoms with Gasteiger partial charge in [0.05, 0.1) is 5.56 Å². The molecule has 0 aliphatic heterocycles. The van der Waals surface area contributed by atoms with Crippen LogP contribution in [0.3, 0.4) is 0 Å². The number of nitrogens with zero attached hydrogens (tertiary/aromatic N) is 1. The Kier molecular flexibility index (Phi) is 4.90. The van der Waals surface area contributed by atoms with Crippen LogP contribution in [0.4, 0.5) is 0 Å². The predicted octanol–water partition coefficient (Wildman–Crippen LogP) is 2.41. The Bertz CT molecular complexity index is 673. The first-order valence-electron chi connectivity index (χ1n) is 6.28. The van der Waals surface area contributed by atoms with E-state index in [2.05, 4.69) is 10.3 Å². The van der Waals surface area contributed by atoms with Crippen molar-refractivity contribution < 1.29 is 14.7 Å². The number of carbonyl (C=O) groups is 2. The summed E-state index contributed by atoms with van der Waals surface area (Å²) in [4.78, 5) is 26.5. The largest absolute Gasteiger partial charge is 0.478 e. The maximum atomic E-state index is 11.9. The van der Waals surface area contributed by atoms with Gasteiger partial charge in [-0.2, -0.15) is 0 Å². The molecule has 0 saturated carbocycles. The van der Waals surface area contributed by atoms with Crippen LogP contribution in [-0.4, -0.2) is 28.5 Å². The Morgan fingerprint density at radius 3 is 2.71 bits per heavy atom. The molecule has 0 saturated heterocycles. The van der Waals surface area contributed by atoms with Gasteiger partial charge in [0.25, 0.3) is 5.91 Å². The number of aromatic nitrogens is 1. The number of nitrogens with one attached hydrogen (secondary N) is 1. The Morgan fingerprint density at radius 2 is 2.00 bits per heavy atom. The fraction of sp³-hybridized carbons (Fsp3) is 0.133. The molecular weight excluding hydrogens is 292 g/mol. The predicted molar refractivity (Wildman–Crippen MR) is 78.7 cm³/mol. The number of hydrogen-bond acceptors (Lipinski definition) is 3. The highest BCUT2D eigenvalue weighted by molar-refractivity contribution is 6.29. The summed E-state index contributed by atoms with van der Waals surface area (Å²) in [5, 5.41) is 11.9. The maximum absolute atomic E-state index is 11.9. The first-order valence-corrected chi connectivity index (χ1v) is 6.66. The van der Waals surface area contributed by atoms with Gasteiger partial charge in [-0.15, -0.1) is 0 Å². The van der Waals surface area contributed by atoms with E-state index in [0.717, 1.165) is 5.56 Å². The van der Waals surface area contributed by atoms with Crippen molar-refractivity contribution >= 4 is 23.5 Å². The summed E-state index contributed by atoms with van der Waals surface area (Å²) in [5.74, 6) is -1.21. The first-order chi connectivity index (χ1) is 10.1. The van der Waals surface area contributed by atoms with E-state index >= 15 is 0 Å². The van der Waals surface area contributed by atoms with E-state index in [-0.39, 0.29) is 16.6 Å². The molecule has 0 atom stereocenters. The van der Waals surface area contributed by atoms with Crippen LogP contribution < -0.4 is 5.32 Å². The number of carbonyl (C=O) groups excluding carboxylic acids is 1. The van der Waals surface area contributed by atoms with Crippen LogP contribution in [0.1, 0.15) is 26.3 Å². The van der Waals surface area contributed by atoms with Crippen molar-refractivity contribution in [2.75, 3.05) is 6.54 Å². The number of carboxylic acid groups (broad SMARTS) is 1. The Morgan fingerprint density at radius 1 is 1.19 bits per heavy atom. The summed E-state index contributed by atoms with van der Waals surface area (Å²) in [5.41, 5.74) is 1.52. The average molecular weight is 305 g/mol. The number of aromatic carboxylic acids is 1. The molecule has 0 fully saturated rings. The fourth-order valence-corrected chi connectivity index (χ4v) is 2.00. The zero-order valence-corrected chi connectivity index (χ0v) is 11.8. The van der Waals surface area contributed by atoms with Gasteiger partial charge in [0.15, 0.2) is 0 Å². The molecule has 0 bridgehead atoms. The average Bonchev–Trinajstić information content (AvgIpc) is 2.47. The van der Waals surface area contributed by atoms with Crippen molar-refractivity contribution in [2.45, 2.75) is 6.42 Å². The van der Waals surface area contributed by atoms with E-state index in [1.54, 1.807) is 18.2 Å². The van der Waals surface area contributed by atoms with E-state index < -0.39 is 5.97 Å². The molecule has 21 heavy (non-hydrogen) atoms. The summed E-state index contributed by atoms with van der Waals surface area (Å²) in [6, 6.07) is 9.69. The summed E-state index contributed by atoms with van der Waals surface area (Å²) < 4.78 is 0. The molecule has 1 aromatic carbocycles. The Balaban J connectivity index is 1.91. The first kappa shape index (κ1) is 15.0. The third kappa shape index (κ3) is 4.29. The number of rotatable bonds is 5. The Labute approximate surface area is 126 Å². The van der Waals surface area contributed by atoms with E-state index in [0.29, 0.717) is 18.5 Å². The molecule has 5 nitrogen and oxygen atoms in total. The van der Waals surface area contributed by atoms with Crippen LogP contribution in [0.2, 0.25) is 5.15 Å². The van der Waals surface area contributed by atoms with E-state index in [1.807, 2.05) is 6.07 Å². The maximum Gasteiger partial charge on any atom is 0.335 e. The highest BCUT2D eigenvalue weighted by Crippen LogP contribution is 2.08. The van der Waals surface area contributed by atoms with Gasteiger partial charge in [0.2, 0.25) is 0 Å². The zero-order chi connectivity index (χ0) is 15.2. The minimum absolute atomic E-state index is 0.236. The quantitative estimate of drug-likeness (QED) is 0.831. The molecule has 0 aliphatic rings. The third-order valence-corrected chi connectivity index (χ3v) is 3.07. The summed E-state index contributed by atoms with van der Waals surface area (Å²) >= 11 is 5.72. The van der Waals surface area contributed by atoms with E-state index in [1.165, 1.54) is 18.3 Å². The van der Waals surface area contributed by atoms with Crippen molar-refractivity contribution in [3.8, 4) is 0 Å². The second-order valence-electron chi connectivity index (χ2n) is 4.38. The highest BCUT2D eigenvalue weighted by atomic mass is 35.5. The van der Waals surface area contributed by atoms with E-state index in [4.69, 9.17) is 16.7 Å². The van der Waals surface area contributed by atoms with Gasteiger partial charge in [-0.05, 0) is 36.2 Å². The molecule has 1 aromatic heterocycles. The van der Waals surface area contributed by atoms with Gasteiger partial charge >= 0.3 is 5.97 Å². The van der Waals surface area contributed by atoms with Crippen molar-refractivity contribution in [1.82, 2.24) is 10.3 Å². The van der Waals surface area contributed by atoms with E-state index in [9.17, 15) is 9.59 Å². The molecule has 2 rings (SSSR count). The summed E-state index contributed by atoms with van der Waals surface area (Å²) in [7, 11) is 0. The second kappa shape index (κ2) is 6.85. The summed E-state index contributed by atoms with van der Waals surface area (Å²) in [6.07, 6.45) is 2.01. The lowest BCUT2D eigenvalue weighted by Gasteiger charge is -2.06. The van der Waals surface area contributed by atoms with Crippen LogP contribution in [0, 0.1) is 0 Å². The number of halogens is 1. The monoisotopic (exact) mass is 304 g/mol. The number of pyridine rings is 1. The number of carboxylic acids is 1. The van der Waals surface area contributed by atoms with Crippen molar-refractivity contribution in [3.05, 3.63) is 64.4 Å². The number of amides is 1. The molecule has 0 aliphatic carbocycles. The highest BCUT2D eigenvalue weighted by Gasteiger charge is 2.07. The molecule has 0 radical (unpaired) electrons. The molecule has 1 amide bonds. The lowest BCUT2D eigenvalue weighted by atomic mass is 10.1. The SMILES string of the molecule is O=C(O)c1cccc(CCNC(=O)c2ccnc(Cl)c2)c1. The van der Waals surface area contributed by atoms with Crippen LogP contribution in [0.5, 0.6) is 0 Å². The van der Waals surface area contributed by atoms with Crippen molar-refractivity contribution in [2.24, 2.45) is 0 Å². The van der Waals surface area contributed by atoms with Crippen molar-refractivity contribution in [1.29, 1.82) is 0 Å². The molecule has 1 heterocycles. The summed E-state index contributed by atoms with van der Waals surface area (Å²) in [6.45, 7) is 0.405. The third-order valence-electron chi connectivity index (χ3n) is 2.86. The van der Waals surface area contributed by atoms with Crippen molar-refractivity contribution in [3.63, 3.8) is 0 Å². The van der Waals surface area contributed by atoms with Crippen LogP contribution in [0.25, 0.3) is 0 Å². The zero-order valence-electron chi connectivity index (χ0n) is 11.0. The van der Waals surface area contributed by atoms with Crippen LogP contribution >= 0.6 is 11.6 Å². The van der Waals surface area contributed by atoms with Gasteiger partial charge in [-0.3, -0.25) is 4.79 Å². The van der Waals surface area contributed by atoms with Gasteiger partial charge < -0.3 is 10.4 Å². The number of hydrogen-bond donors (Lipinski definition) is 2. The molecule has 2 N–H and O–H groups in total. The van der Waals surface area contributed by atoms with Gasteiger partial charge in [-0.25, -0.2) is 9.78 Å². The minimum Gasteiger partial charge on any atom is -0.478 e. The lowest BCUT2D eigenvalue weighted by molar-refractivity contribution is 0.0696. The second-order valence-corrected chi connectivity index (χ2v) is 4.77. The van der Waals surface area contributed by atoms with Gasteiger partial charge in [0, 0.05) is 18.3 Å². The van der Waals surface area contributed by atoms with Crippen LogP contribution in [0.15, 0.2) is 42.6 Å². The Hall–Kier alpha value is -2.40. The smallest absolute Gasteiger partial charge is 0.335 e. The molecule has 6 heteroatoms. The molecular formula is C15H13ClN2O3. The number of benzene rings is 1. The molecule has 0 unspecified atom stereocenters.